The van der Waals surface area contributed by atoms with Crippen LogP contribution in [0.25, 0.3) is 0 Å². The summed E-state index contributed by atoms with van der Waals surface area (Å²) >= 11 is 6.00. The van der Waals surface area contributed by atoms with Gasteiger partial charge in [0.1, 0.15) is 17.6 Å². The minimum Gasteiger partial charge on any atom is -0.477 e. The number of carboxylic acid groups (broad SMARTS) is 1. The van der Waals surface area contributed by atoms with Crippen molar-refractivity contribution in [3.05, 3.63) is 62.8 Å². The molecule has 108 valence electrons. The zero-order valence-electron chi connectivity index (χ0n) is 10.6. The van der Waals surface area contributed by atoms with Crippen LogP contribution in [0.5, 0.6) is 0 Å². The van der Waals surface area contributed by atoms with E-state index in [1.807, 2.05) is 6.07 Å². The lowest BCUT2D eigenvalue weighted by molar-refractivity contribution is -0.385. The lowest BCUT2D eigenvalue weighted by Gasteiger charge is -2.08. The Morgan fingerprint density at radius 2 is 2.14 bits per heavy atom. The van der Waals surface area contributed by atoms with Crippen LogP contribution in [0.3, 0.4) is 0 Å². The SMILES string of the molecule is O=C(O)c1cc(NCc2ccccc2Cl)ncc1[N+](=O)[O-]. The van der Waals surface area contributed by atoms with Crippen molar-refractivity contribution in [2.45, 2.75) is 6.54 Å². The molecule has 0 saturated heterocycles. The van der Waals surface area contributed by atoms with E-state index in [0.29, 0.717) is 11.6 Å². The predicted octanol–water partition coefficient (Wildman–Crippen LogP) is 2.95. The van der Waals surface area contributed by atoms with E-state index in [9.17, 15) is 14.9 Å². The van der Waals surface area contributed by atoms with Crippen molar-refractivity contribution in [2.24, 2.45) is 0 Å². The van der Waals surface area contributed by atoms with Gasteiger partial charge in [0.25, 0.3) is 0 Å². The Labute approximate surface area is 124 Å². The summed E-state index contributed by atoms with van der Waals surface area (Å²) in [7, 11) is 0. The van der Waals surface area contributed by atoms with Gasteiger partial charge in [0.15, 0.2) is 0 Å². The predicted molar refractivity (Wildman–Crippen MR) is 76.6 cm³/mol. The number of hydrogen-bond donors (Lipinski definition) is 2. The second-order valence-corrected chi connectivity index (χ2v) is 4.50. The zero-order chi connectivity index (χ0) is 15.4. The third-order valence-corrected chi connectivity index (χ3v) is 3.10. The largest absolute Gasteiger partial charge is 0.477 e. The summed E-state index contributed by atoms with van der Waals surface area (Å²) in [6.45, 7) is 0.323. The van der Waals surface area contributed by atoms with Gasteiger partial charge in [-0.1, -0.05) is 29.8 Å². The van der Waals surface area contributed by atoms with Crippen LogP contribution in [0, 0.1) is 10.1 Å². The van der Waals surface area contributed by atoms with Crippen molar-refractivity contribution in [3.8, 4) is 0 Å². The van der Waals surface area contributed by atoms with Gasteiger partial charge in [0.2, 0.25) is 0 Å². The Kier molecular flexibility index (Phi) is 4.34. The summed E-state index contributed by atoms with van der Waals surface area (Å²) in [4.78, 5) is 24.8. The fourth-order valence-corrected chi connectivity index (χ4v) is 1.89. The van der Waals surface area contributed by atoms with Crippen LogP contribution in [0.4, 0.5) is 11.5 Å². The van der Waals surface area contributed by atoms with Gasteiger partial charge in [-0.3, -0.25) is 10.1 Å². The van der Waals surface area contributed by atoms with Gasteiger partial charge in [-0.25, -0.2) is 9.78 Å². The van der Waals surface area contributed by atoms with Gasteiger partial charge in [-0.05, 0) is 11.6 Å². The molecule has 8 heteroatoms. The molecule has 0 amide bonds. The van der Waals surface area contributed by atoms with Gasteiger partial charge in [0, 0.05) is 17.6 Å². The Morgan fingerprint density at radius 3 is 2.76 bits per heavy atom. The normalized spacial score (nSPS) is 10.1. The fourth-order valence-electron chi connectivity index (χ4n) is 1.69. The van der Waals surface area contributed by atoms with Gasteiger partial charge in [-0.2, -0.15) is 0 Å². The molecule has 0 spiro atoms. The van der Waals surface area contributed by atoms with Gasteiger partial charge in [-0.15, -0.1) is 0 Å². The molecule has 0 aliphatic rings. The standard InChI is InChI=1S/C13H10ClN3O4/c14-10-4-2-1-3-8(10)6-15-12-5-9(13(18)19)11(7-16-12)17(20)21/h1-5,7H,6H2,(H,15,16)(H,18,19). The smallest absolute Gasteiger partial charge is 0.342 e. The molecule has 21 heavy (non-hydrogen) atoms. The van der Waals surface area contributed by atoms with E-state index in [-0.39, 0.29) is 5.82 Å². The van der Waals surface area contributed by atoms with Crippen LogP contribution in [0.15, 0.2) is 36.5 Å². The van der Waals surface area contributed by atoms with Crippen molar-refractivity contribution in [2.75, 3.05) is 5.32 Å². The Morgan fingerprint density at radius 1 is 1.43 bits per heavy atom. The van der Waals surface area contributed by atoms with E-state index in [0.717, 1.165) is 17.8 Å². The number of hydrogen-bond acceptors (Lipinski definition) is 5. The number of aromatic nitrogens is 1. The first-order valence-corrected chi connectivity index (χ1v) is 6.22. The number of nitrogens with one attached hydrogen (secondary N) is 1. The van der Waals surface area contributed by atoms with Crippen LogP contribution in [-0.2, 0) is 6.54 Å². The van der Waals surface area contributed by atoms with E-state index >= 15 is 0 Å². The molecule has 0 radical (unpaired) electrons. The number of pyridine rings is 1. The molecule has 0 fully saturated rings. The minimum atomic E-state index is -1.38. The van der Waals surface area contributed by atoms with Crippen LogP contribution in [0.1, 0.15) is 15.9 Å². The Balaban J connectivity index is 2.22. The average Bonchev–Trinajstić information content (AvgIpc) is 2.46. The maximum atomic E-state index is 11.0. The molecule has 1 aromatic heterocycles. The zero-order valence-corrected chi connectivity index (χ0v) is 11.4. The maximum absolute atomic E-state index is 11.0. The van der Waals surface area contributed by atoms with E-state index in [1.165, 1.54) is 0 Å². The van der Waals surface area contributed by atoms with Crippen molar-refractivity contribution in [3.63, 3.8) is 0 Å². The van der Waals surface area contributed by atoms with E-state index < -0.39 is 22.1 Å². The third kappa shape index (κ3) is 3.46. The highest BCUT2D eigenvalue weighted by Gasteiger charge is 2.20. The molecule has 2 rings (SSSR count). The first-order valence-electron chi connectivity index (χ1n) is 5.84. The number of benzene rings is 1. The Hall–Kier alpha value is -2.67. The summed E-state index contributed by atoms with van der Waals surface area (Å²) in [5.74, 6) is -1.16. The summed E-state index contributed by atoms with van der Waals surface area (Å²) in [6, 6.07) is 8.26. The lowest BCUT2D eigenvalue weighted by atomic mass is 10.2. The molecule has 0 unspecified atom stereocenters. The van der Waals surface area contributed by atoms with Crippen molar-refractivity contribution >= 4 is 29.1 Å². The molecule has 7 nitrogen and oxygen atoms in total. The van der Waals surface area contributed by atoms with E-state index in [2.05, 4.69) is 10.3 Å². The maximum Gasteiger partial charge on any atom is 0.342 e. The molecule has 2 N–H and O–H groups in total. The molecule has 1 aromatic carbocycles. The van der Waals surface area contributed by atoms with Crippen molar-refractivity contribution in [1.82, 2.24) is 4.98 Å². The second-order valence-electron chi connectivity index (χ2n) is 4.09. The van der Waals surface area contributed by atoms with Gasteiger partial charge in [0.05, 0.1) is 4.92 Å². The molecule has 2 aromatic rings. The third-order valence-electron chi connectivity index (χ3n) is 2.73. The molecular weight excluding hydrogens is 298 g/mol. The van der Waals surface area contributed by atoms with Gasteiger partial charge >= 0.3 is 11.7 Å². The fraction of sp³-hybridized carbons (Fsp3) is 0.0769. The summed E-state index contributed by atoms with van der Waals surface area (Å²) in [5, 5.41) is 23.2. The van der Waals surface area contributed by atoms with Crippen LogP contribution < -0.4 is 5.32 Å². The molecule has 0 bridgehead atoms. The monoisotopic (exact) mass is 307 g/mol. The summed E-state index contributed by atoms with van der Waals surface area (Å²) in [6.07, 6.45) is 0.915. The number of carbonyl (C=O) groups is 1. The molecule has 1 heterocycles. The second kappa shape index (κ2) is 6.19. The van der Waals surface area contributed by atoms with Crippen molar-refractivity contribution < 1.29 is 14.8 Å². The molecule has 0 saturated carbocycles. The molecule has 0 atom stereocenters. The minimum absolute atomic E-state index is 0.220. The summed E-state index contributed by atoms with van der Waals surface area (Å²) < 4.78 is 0. The number of anilines is 1. The first kappa shape index (κ1) is 14.7. The van der Waals surface area contributed by atoms with Gasteiger partial charge < -0.3 is 10.4 Å². The quantitative estimate of drug-likeness (QED) is 0.650. The first-order chi connectivity index (χ1) is 9.99. The Bertz CT molecular complexity index is 706. The highest BCUT2D eigenvalue weighted by Crippen LogP contribution is 2.21. The molecule has 0 aliphatic carbocycles. The number of carboxylic acids is 1. The molecular formula is C13H10ClN3O4. The number of nitro groups is 1. The average molecular weight is 308 g/mol. The topological polar surface area (TPSA) is 105 Å². The van der Waals surface area contributed by atoms with E-state index in [4.69, 9.17) is 16.7 Å². The number of nitrogens with zero attached hydrogens (tertiary/aromatic N) is 2. The number of aromatic carboxylic acids is 1. The highest BCUT2D eigenvalue weighted by molar-refractivity contribution is 6.31. The number of rotatable bonds is 5. The van der Waals surface area contributed by atoms with Crippen LogP contribution >= 0.6 is 11.6 Å². The lowest BCUT2D eigenvalue weighted by Crippen LogP contribution is -2.07. The molecule has 0 aliphatic heterocycles. The van der Waals surface area contributed by atoms with Crippen LogP contribution in [0.2, 0.25) is 5.02 Å². The number of halogens is 1. The highest BCUT2D eigenvalue weighted by atomic mass is 35.5. The van der Waals surface area contributed by atoms with E-state index in [1.54, 1.807) is 18.2 Å². The van der Waals surface area contributed by atoms with Crippen molar-refractivity contribution in [1.29, 1.82) is 0 Å². The van der Waals surface area contributed by atoms with Crippen LogP contribution in [-0.4, -0.2) is 21.0 Å². The summed E-state index contributed by atoms with van der Waals surface area (Å²) in [5.41, 5.74) is -0.168.